The topological polar surface area (TPSA) is 43.4 Å². The Bertz CT molecular complexity index is 361. The van der Waals surface area contributed by atoms with Gasteiger partial charge in [-0.2, -0.15) is 0 Å². The quantitative estimate of drug-likeness (QED) is 0.414. The van der Waals surface area contributed by atoms with Crippen molar-refractivity contribution in [2.75, 3.05) is 0 Å². The van der Waals surface area contributed by atoms with Crippen LogP contribution in [0.15, 0.2) is 30.3 Å². The first-order valence-corrected chi connectivity index (χ1v) is 4.29. The lowest BCUT2D eigenvalue weighted by Gasteiger charge is -2.02. The van der Waals surface area contributed by atoms with Gasteiger partial charge in [0.15, 0.2) is 5.94 Å². The van der Waals surface area contributed by atoms with Crippen molar-refractivity contribution in [3.63, 3.8) is 0 Å². The van der Waals surface area contributed by atoms with Gasteiger partial charge in [0.2, 0.25) is 5.76 Å². The van der Waals surface area contributed by atoms with Crippen LogP contribution in [-0.4, -0.2) is 11.9 Å². The van der Waals surface area contributed by atoms with Crippen molar-refractivity contribution >= 4 is 17.7 Å². The molecule has 3 nitrogen and oxygen atoms in total. The third-order valence-electron chi connectivity index (χ3n) is 1.63. The fourth-order valence-corrected chi connectivity index (χ4v) is 0.914. The smallest absolute Gasteiger partial charge is 0.311 e. The second-order valence-corrected chi connectivity index (χ2v) is 2.62. The van der Waals surface area contributed by atoms with Gasteiger partial charge < -0.3 is 4.74 Å². The van der Waals surface area contributed by atoms with Crippen LogP contribution in [-0.2, 0) is 14.3 Å². The van der Waals surface area contributed by atoms with Gasteiger partial charge in [0.1, 0.15) is 0 Å². The Morgan fingerprint density at radius 1 is 1.36 bits per heavy atom. The summed E-state index contributed by atoms with van der Waals surface area (Å²) in [5.74, 6) is 1.11. The standard InChI is InChI=1S/C11H10O3/c1-2-11(13)14-10(8-12)9-6-4-3-5-7-9/h3-7H,2H2,1H3. The van der Waals surface area contributed by atoms with Crippen LogP contribution in [0, 0.1) is 0 Å². The number of carbonyl (C=O) groups is 1. The molecule has 1 aromatic carbocycles. The van der Waals surface area contributed by atoms with E-state index in [-0.39, 0.29) is 12.2 Å². The molecule has 0 saturated carbocycles. The van der Waals surface area contributed by atoms with Crippen molar-refractivity contribution in [2.45, 2.75) is 13.3 Å². The first kappa shape index (κ1) is 10.2. The largest absolute Gasteiger partial charge is 0.414 e. The summed E-state index contributed by atoms with van der Waals surface area (Å²) in [5, 5.41) is 0. The van der Waals surface area contributed by atoms with Crippen LogP contribution in [0.4, 0.5) is 0 Å². The van der Waals surface area contributed by atoms with Gasteiger partial charge in [0.05, 0.1) is 0 Å². The Kier molecular flexibility index (Phi) is 3.65. The van der Waals surface area contributed by atoms with Gasteiger partial charge in [-0.3, -0.25) is 4.79 Å². The summed E-state index contributed by atoms with van der Waals surface area (Å²) in [6.45, 7) is 1.66. The maximum Gasteiger partial charge on any atom is 0.311 e. The van der Waals surface area contributed by atoms with Crippen LogP contribution < -0.4 is 0 Å². The normalized spacial score (nSPS) is 8.93. The molecule has 0 saturated heterocycles. The number of hydrogen-bond donors (Lipinski definition) is 0. The van der Waals surface area contributed by atoms with Gasteiger partial charge >= 0.3 is 5.97 Å². The first-order chi connectivity index (χ1) is 6.77. The number of rotatable bonds is 3. The minimum atomic E-state index is -0.438. The van der Waals surface area contributed by atoms with E-state index in [1.54, 1.807) is 37.1 Å². The number of benzene rings is 1. The van der Waals surface area contributed by atoms with E-state index in [4.69, 9.17) is 4.74 Å². The lowest BCUT2D eigenvalue weighted by atomic mass is 10.2. The zero-order chi connectivity index (χ0) is 10.4. The predicted octanol–water partition coefficient (Wildman–Crippen LogP) is 1.81. The summed E-state index contributed by atoms with van der Waals surface area (Å²) in [4.78, 5) is 21.5. The van der Waals surface area contributed by atoms with Crippen molar-refractivity contribution in [1.29, 1.82) is 0 Å². The molecule has 72 valence electrons. The highest BCUT2D eigenvalue weighted by atomic mass is 16.5. The summed E-state index contributed by atoms with van der Waals surface area (Å²) < 4.78 is 4.79. The third-order valence-corrected chi connectivity index (χ3v) is 1.63. The van der Waals surface area contributed by atoms with Crippen molar-refractivity contribution < 1.29 is 14.3 Å². The molecule has 0 aliphatic carbocycles. The van der Waals surface area contributed by atoms with E-state index in [1.807, 2.05) is 6.07 Å². The monoisotopic (exact) mass is 190 g/mol. The zero-order valence-corrected chi connectivity index (χ0v) is 7.82. The molecule has 0 N–H and O–H groups in total. The molecule has 0 radical (unpaired) electrons. The maximum atomic E-state index is 10.9. The molecular formula is C11H10O3. The molecule has 3 heteroatoms. The van der Waals surface area contributed by atoms with Gasteiger partial charge in [-0.1, -0.05) is 37.3 Å². The Hall–Kier alpha value is -1.86. The van der Waals surface area contributed by atoms with E-state index in [0.29, 0.717) is 5.56 Å². The number of carbonyl (C=O) groups excluding carboxylic acids is 2. The molecule has 1 rings (SSSR count). The minimum Gasteiger partial charge on any atom is -0.414 e. The van der Waals surface area contributed by atoms with E-state index in [1.165, 1.54) is 0 Å². The highest BCUT2D eigenvalue weighted by Crippen LogP contribution is 2.12. The molecule has 1 aromatic rings. The van der Waals surface area contributed by atoms with Crippen molar-refractivity contribution in [3.8, 4) is 0 Å². The number of esters is 1. The van der Waals surface area contributed by atoms with Crippen molar-refractivity contribution in [1.82, 2.24) is 0 Å². The van der Waals surface area contributed by atoms with Gasteiger partial charge in [-0.05, 0) is 0 Å². The molecule has 0 unspecified atom stereocenters. The average molecular weight is 190 g/mol. The first-order valence-electron chi connectivity index (χ1n) is 4.29. The lowest BCUT2D eigenvalue weighted by molar-refractivity contribution is -0.136. The Morgan fingerprint density at radius 2 is 2.00 bits per heavy atom. The third kappa shape index (κ3) is 2.57. The molecule has 0 heterocycles. The second-order valence-electron chi connectivity index (χ2n) is 2.62. The predicted molar refractivity (Wildman–Crippen MR) is 51.9 cm³/mol. The van der Waals surface area contributed by atoms with Gasteiger partial charge in [0, 0.05) is 12.0 Å². The molecule has 14 heavy (non-hydrogen) atoms. The molecule has 0 aromatic heterocycles. The highest BCUT2D eigenvalue weighted by Gasteiger charge is 2.07. The van der Waals surface area contributed by atoms with Gasteiger partial charge in [-0.15, -0.1) is 0 Å². The highest BCUT2D eigenvalue weighted by molar-refractivity contribution is 5.89. The van der Waals surface area contributed by atoms with Crippen LogP contribution in [0.3, 0.4) is 0 Å². The summed E-state index contributed by atoms with van der Waals surface area (Å²) in [6, 6.07) is 8.69. The summed E-state index contributed by atoms with van der Waals surface area (Å²) in [7, 11) is 0. The van der Waals surface area contributed by atoms with E-state index in [2.05, 4.69) is 0 Å². The number of ether oxygens (including phenoxy) is 1. The van der Waals surface area contributed by atoms with E-state index < -0.39 is 5.97 Å². The SMILES string of the molecule is CCC(=O)OC(=C=O)c1ccccc1. The summed E-state index contributed by atoms with van der Waals surface area (Å²) in [6.07, 6.45) is 0.234. The van der Waals surface area contributed by atoms with Gasteiger partial charge in [-0.25, -0.2) is 4.79 Å². The molecule has 0 fully saturated rings. The zero-order valence-electron chi connectivity index (χ0n) is 7.82. The molecular weight excluding hydrogens is 180 g/mol. The molecule has 0 aliphatic rings. The van der Waals surface area contributed by atoms with E-state index in [9.17, 15) is 9.59 Å². The maximum absolute atomic E-state index is 10.9. The fraction of sp³-hybridized carbons (Fsp3) is 0.182. The average Bonchev–Trinajstić information content (AvgIpc) is 2.26. The summed E-state index contributed by atoms with van der Waals surface area (Å²) >= 11 is 0. The second kappa shape index (κ2) is 5.00. The van der Waals surface area contributed by atoms with Gasteiger partial charge in [0.25, 0.3) is 0 Å². The van der Waals surface area contributed by atoms with Crippen LogP contribution in [0.1, 0.15) is 18.9 Å². The van der Waals surface area contributed by atoms with Crippen LogP contribution in [0.2, 0.25) is 0 Å². The summed E-state index contributed by atoms with van der Waals surface area (Å²) in [5.41, 5.74) is 0.560. The molecule has 0 atom stereocenters. The fourth-order valence-electron chi connectivity index (χ4n) is 0.914. The molecule has 0 spiro atoms. The van der Waals surface area contributed by atoms with E-state index >= 15 is 0 Å². The number of hydrogen-bond acceptors (Lipinski definition) is 3. The Morgan fingerprint density at radius 3 is 2.50 bits per heavy atom. The molecule has 0 bridgehead atoms. The Balaban J connectivity index is 2.85. The minimum absolute atomic E-state index is 0.0579. The van der Waals surface area contributed by atoms with Crippen LogP contribution >= 0.6 is 0 Å². The Labute approximate surface area is 82.0 Å². The van der Waals surface area contributed by atoms with E-state index in [0.717, 1.165) is 0 Å². The van der Waals surface area contributed by atoms with Crippen molar-refractivity contribution in [3.05, 3.63) is 35.9 Å². The van der Waals surface area contributed by atoms with Crippen LogP contribution in [0.25, 0.3) is 5.76 Å². The van der Waals surface area contributed by atoms with Crippen molar-refractivity contribution in [2.24, 2.45) is 0 Å². The van der Waals surface area contributed by atoms with Crippen LogP contribution in [0.5, 0.6) is 0 Å². The lowest BCUT2D eigenvalue weighted by Crippen LogP contribution is -2.02. The molecule has 0 amide bonds. The molecule has 0 aliphatic heterocycles.